The highest BCUT2D eigenvalue weighted by atomic mass is 16.2. The van der Waals surface area contributed by atoms with Gasteiger partial charge >= 0.3 is 0 Å². The van der Waals surface area contributed by atoms with Crippen molar-refractivity contribution < 1.29 is 4.79 Å². The van der Waals surface area contributed by atoms with Crippen LogP contribution in [-0.4, -0.2) is 70.0 Å². The molecule has 1 aromatic carbocycles. The first-order valence-electron chi connectivity index (χ1n) is 11.5. The number of anilines is 2. The van der Waals surface area contributed by atoms with E-state index in [1.54, 1.807) is 18.7 Å². The summed E-state index contributed by atoms with van der Waals surface area (Å²) in [6, 6.07) is 9.94. The highest BCUT2D eigenvalue weighted by Gasteiger charge is 2.54. The van der Waals surface area contributed by atoms with Crippen LogP contribution in [0.15, 0.2) is 49.1 Å². The van der Waals surface area contributed by atoms with E-state index in [1.165, 1.54) is 6.42 Å². The van der Waals surface area contributed by atoms with Crippen LogP contribution < -0.4 is 9.80 Å². The molecule has 6 rings (SSSR count). The van der Waals surface area contributed by atoms with Crippen molar-refractivity contribution in [2.75, 3.05) is 49.1 Å². The number of carbonyl (C=O) groups is 1. The first kappa shape index (κ1) is 19.4. The van der Waals surface area contributed by atoms with Crippen LogP contribution in [0.25, 0.3) is 10.9 Å². The Hall–Kier alpha value is -3.29. The van der Waals surface area contributed by atoms with Gasteiger partial charge in [-0.3, -0.25) is 4.79 Å². The fourth-order valence-electron chi connectivity index (χ4n) is 5.65. The van der Waals surface area contributed by atoms with Crippen LogP contribution in [0.1, 0.15) is 19.3 Å². The van der Waals surface area contributed by atoms with Gasteiger partial charge in [0.1, 0.15) is 12.1 Å². The molecule has 1 spiro atoms. The largest absolute Gasteiger partial charge is 0.352 e. The predicted octanol–water partition coefficient (Wildman–Crippen LogP) is 2.38. The fraction of sp³-hybridized carbons (Fsp3) is 0.458. The van der Waals surface area contributed by atoms with E-state index in [4.69, 9.17) is 0 Å². The molecule has 8 heteroatoms. The van der Waals surface area contributed by atoms with Crippen molar-refractivity contribution in [3.05, 3.63) is 49.1 Å². The van der Waals surface area contributed by atoms with Crippen LogP contribution in [0.3, 0.4) is 0 Å². The zero-order valence-electron chi connectivity index (χ0n) is 18.1. The van der Waals surface area contributed by atoms with Crippen LogP contribution in [-0.2, 0) is 4.79 Å². The SMILES string of the molecule is O=C(C1CN(c2ncccn2)CC12CCC2)N1CCN(c2ncnc3ccccc23)CC1. The lowest BCUT2D eigenvalue weighted by atomic mass is 9.62. The first-order valence-corrected chi connectivity index (χ1v) is 11.5. The topological polar surface area (TPSA) is 78.4 Å². The number of piperazine rings is 1. The molecule has 2 aliphatic heterocycles. The summed E-state index contributed by atoms with van der Waals surface area (Å²) in [4.78, 5) is 38.0. The van der Waals surface area contributed by atoms with E-state index in [0.717, 1.165) is 74.8 Å². The molecule has 1 amide bonds. The molecule has 1 aliphatic carbocycles. The Balaban J connectivity index is 1.17. The number of rotatable bonds is 3. The van der Waals surface area contributed by atoms with E-state index in [2.05, 4.69) is 40.7 Å². The molecule has 3 fully saturated rings. The second-order valence-electron chi connectivity index (χ2n) is 9.22. The maximum atomic E-state index is 13.7. The molecule has 2 saturated heterocycles. The molecule has 1 atom stereocenters. The minimum Gasteiger partial charge on any atom is -0.352 e. The lowest BCUT2D eigenvalue weighted by molar-refractivity contribution is -0.140. The van der Waals surface area contributed by atoms with Gasteiger partial charge in [0.05, 0.1) is 11.4 Å². The number of para-hydroxylation sites is 1. The standard InChI is InChI=1S/C24H27N7O/c32-22(19-15-31(16-24(19)7-3-8-24)23-25-9-4-10-26-23)30-13-11-29(12-14-30)21-18-5-1-2-6-20(18)27-17-28-21/h1-2,4-6,9-10,17,19H,3,7-8,11-16H2. The molecule has 4 heterocycles. The second kappa shape index (κ2) is 7.69. The molecule has 3 aromatic rings. The molecule has 0 bridgehead atoms. The smallest absolute Gasteiger partial charge is 0.228 e. The number of aromatic nitrogens is 4. The highest BCUT2D eigenvalue weighted by Crippen LogP contribution is 2.52. The Morgan fingerprint density at radius 2 is 1.69 bits per heavy atom. The number of benzene rings is 1. The highest BCUT2D eigenvalue weighted by molar-refractivity contribution is 5.89. The van der Waals surface area contributed by atoms with Gasteiger partial charge in [-0.1, -0.05) is 18.6 Å². The number of nitrogens with zero attached hydrogens (tertiary/aromatic N) is 7. The normalized spacial score (nSPS) is 22.4. The third-order valence-corrected chi connectivity index (χ3v) is 7.54. The quantitative estimate of drug-likeness (QED) is 0.632. The average Bonchev–Trinajstić information content (AvgIpc) is 3.26. The van der Waals surface area contributed by atoms with Crippen molar-refractivity contribution in [3.63, 3.8) is 0 Å². The van der Waals surface area contributed by atoms with Gasteiger partial charge in [-0.2, -0.15) is 0 Å². The van der Waals surface area contributed by atoms with Gasteiger partial charge in [-0.15, -0.1) is 0 Å². The van der Waals surface area contributed by atoms with Crippen LogP contribution in [0.5, 0.6) is 0 Å². The number of hydrogen-bond acceptors (Lipinski definition) is 7. The van der Waals surface area contributed by atoms with Crippen LogP contribution in [0, 0.1) is 11.3 Å². The van der Waals surface area contributed by atoms with Crippen molar-refractivity contribution in [2.24, 2.45) is 11.3 Å². The van der Waals surface area contributed by atoms with E-state index >= 15 is 0 Å². The van der Waals surface area contributed by atoms with Crippen LogP contribution >= 0.6 is 0 Å². The van der Waals surface area contributed by atoms with Gasteiger partial charge in [0.15, 0.2) is 0 Å². The third-order valence-electron chi connectivity index (χ3n) is 7.54. The van der Waals surface area contributed by atoms with E-state index in [9.17, 15) is 4.79 Å². The van der Waals surface area contributed by atoms with Crippen molar-refractivity contribution in [2.45, 2.75) is 19.3 Å². The molecule has 0 radical (unpaired) electrons. The van der Waals surface area contributed by atoms with Crippen molar-refractivity contribution in [1.29, 1.82) is 0 Å². The number of fused-ring (bicyclic) bond motifs is 1. The van der Waals surface area contributed by atoms with Crippen LogP contribution in [0.4, 0.5) is 11.8 Å². The third kappa shape index (κ3) is 3.16. The molecular weight excluding hydrogens is 402 g/mol. The van der Waals surface area contributed by atoms with E-state index in [-0.39, 0.29) is 11.3 Å². The summed E-state index contributed by atoms with van der Waals surface area (Å²) in [5.41, 5.74) is 1.05. The maximum absolute atomic E-state index is 13.7. The van der Waals surface area contributed by atoms with E-state index < -0.39 is 0 Å². The van der Waals surface area contributed by atoms with E-state index in [1.807, 2.05) is 24.3 Å². The Bertz CT molecular complexity index is 1120. The van der Waals surface area contributed by atoms with Crippen LogP contribution in [0.2, 0.25) is 0 Å². The van der Waals surface area contributed by atoms with Gasteiger partial charge in [0, 0.05) is 62.5 Å². The maximum Gasteiger partial charge on any atom is 0.228 e. The predicted molar refractivity (Wildman–Crippen MR) is 122 cm³/mol. The van der Waals surface area contributed by atoms with Gasteiger partial charge in [-0.05, 0) is 31.0 Å². The Morgan fingerprint density at radius 1 is 0.906 bits per heavy atom. The molecule has 0 N–H and O–H groups in total. The first-order chi connectivity index (χ1) is 15.7. The average molecular weight is 430 g/mol. The van der Waals surface area contributed by atoms with Crippen molar-refractivity contribution in [3.8, 4) is 0 Å². The number of carbonyl (C=O) groups excluding carboxylic acids is 1. The van der Waals surface area contributed by atoms with Crippen molar-refractivity contribution in [1.82, 2.24) is 24.8 Å². The van der Waals surface area contributed by atoms with Crippen molar-refractivity contribution >= 4 is 28.6 Å². The Labute approximate surface area is 187 Å². The minimum absolute atomic E-state index is 0.0338. The Kier molecular flexibility index (Phi) is 4.66. The Morgan fingerprint density at radius 3 is 2.44 bits per heavy atom. The summed E-state index contributed by atoms with van der Waals surface area (Å²) in [7, 11) is 0. The molecule has 2 aromatic heterocycles. The monoisotopic (exact) mass is 429 g/mol. The molecule has 1 unspecified atom stereocenters. The number of hydrogen-bond donors (Lipinski definition) is 0. The zero-order valence-corrected chi connectivity index (χ0v) is 18.1. The molecule has 3 aliphatic rings. The molecular formula is C24H27N7O. The fourth-order valence-corrected chi connectivity index (χ4v) is 5.65. The van der Waals surface area contributed by atoms with Gasteiger partial charge < -0.3 is 14.7 Å². The summed E-state index contributed by atoms with van der Waals surface area (Å²) in [5, 5.41) is 1.07. The summed E-state index contributed by atoms with van der Waals surface area (Å²) in [6.07, 6.45) is 8.65. The van der Waals surface area contributed by atoms with Gasteiger partial charge in [-0.25, -0.2) is 19.9 Å². The second-order valence-corrected chi connectivity index (χ2v) is 9.22. The number of amides is 1. The lowest BCUT2D eigenvalue weighted by Gasteiger charge is -2.44. The van der Waals surface area contributed by atoms with E-state index in [0.29, 0.717) is 5.91 Å². The van der Waals surface area contributed by atoms with Gasteiger partial charge in [0.25, 0.3) is 0 Å². The van der Waals surface area contributed by atoms with Gasteiger partial charge in [0.2, 0.25) is 11.9 Å². The minimum atomic E-state index is 0.0338. The summed E-state index contributed by atoms with van der Waals surface area (Å²) in [6.45, 7) is 4.65. The summed E-state index contributed by atoms with van der Waals surface area (Å²) < 4.78 is 0. The zero-order chi connectivity index (χ0) is 21.5. The molecule has 32 heavy (non-hydrogen) atoms. The lowest BCUT2D eigenvalue weighted by Crippen LogP contribution is -2.53. The summed E-state index contributed by atoms with van der Waals surface area (Å²) >= 11 is 0. The molecule has 1 saturated carbocycles. The molecule has 164 valence electrons. The summed E-state index contributed by atoms with van der Waals surface area (Å²) in [5.74, 6) is 2.04. The molecule has 8 nitrogen and oxygen atoms in total.